The SMILES string of the molecule is O=C1CN(C(=O)NCCC(=O)NC2CC2)c2ccccc2N1. The van der Waals surface area contributed by atoms with Crippen molar-refractivity contribution >= 4 is 29.2 Å². The number of amides is 4. The monoisotopic (exact) mass is 302 g/mol. The van der Waals surface area contributed by atoms with Gasteiger partial charge in [-0.15, -0.1) is 0 Å². The number of nitrogens with one attached hydrogen (secondary N) is 3. The zero-order valence-corrected chi connectivity index (χ0v) is 12.1. The summed E-state index contributed by atoms with van der Waals surface area (Å²) >= 11 is 0. The maximum Gasteiger partial charge on any atom is 0.322 e. The molecule has 0 unspecified atom stereocenters. The van der Waals surface area contributed by atoms with Crippen molar-refractivity contribution in [3.05, 3.63) is 24.3 Å². The van der Waals surface area contributed by atoms with Crippen LogP contribution in [0.2, 0.25) is 0 Å². The number of hydrogen-bond donors (Lipinski definition) is 3. The summed E-state index contributed by atoms with van der Waals surface area (Å²) in [7, 11) is 0. The molecule has 0 atom stereocenters. The molecule has 2 aliphatic rings. The van der Waals surface area contributed by atoms with E-state index in [1.165, 1.54) is 4.90 Å². The van der Waals surface area contributed by atoms with Crippen LogP contribution in [0.4, 0.5) is 16.2 Å². The zero-order valence-electron chi connectivity index (χ0n) is 12.1. The number of benzene rings is 1. The van der Waals surface area contributed by atoms with Gasteiger partial charge in [-0.2, -0.15) is 0 Å². The molecule has 1 aromatic rings. The lowest BCUT2D eigenvalue weighted by Crippen LogP contribution is -2.47. The Kier molecular flexibility index (Phi) is 3.95. The molecule has 0 radical (unpaired) electrons. The fourth-order valence-corrected chi connectivity index (χ4v) is 2.32. The molecule has 0 spiro atoms. The van der Waals surface area contributed by atoms with E-state index in [2.05, 4.69) is 16.0 Å². The van der Waals surface area contributed by atoms with Gasteiger partial charge >= 0.3 is 6.03 Å². The summed E-state index contributed by atoms with van der Waals surface area (Å²) in [5.41, 5.74) is 1.27. The van der Waals surface area contributed by atoms with Crippen molar-refractivity contribution < 1.29 is 14.4 Å². The summed E-state index contributed by atoms with van der Waals surface area (Å²) in [6.07, 6.45) is 2.32. The molecule has 1 aromatic carbocycles. The van der Waals surface area contributed by atoms with Crippen molar-refractivity contribution in [2.75, 3.05) is 23.3 Å². The molecule has 1 aliphatic heterocycles. The Balaban J connectivity index is 1.55. The van der Waals surface area contributed by atoms with E-state index >= 15 is 0 Å². The first-order valence-corrected chi connectivity index (χ1v) is 7.37. The normalized spacial score (nSPS) is 16.5. The quantitative estimate of drug-likeness (QED) is 0.769. The highest BCUT2D eigenvalue weighted by Crippen LogP contribution is 2.28. The van der Waals surface area contributed by atoms with Crippen LogP contribution in [-0.4, -0.2) is 37.0 Å². The zero-order chi connectivity index (χ0) is 15.5. The Morgan fingerprint density at radius 1 is 1.27 bits per heavy atom. The molecule has 1 heterocycles. The van der Waals surface area contributed by atoms with Gasteiger partial charge in [-0.1, -0.05) is 12.1 Å². The largest absolute Gasteiger partial charge is 0.353 e. The van der Waals surface area contributed by atoms with Gasteiger partial charge in [-0.05, 0) is 25.0 Å². The van der Waals surface area contributed by atoms with Crippen LogP contribution in [0.25, 0.3) is 0 Å². The van der Waals surface area contributed by atoms with Crippen molar-refractivity contribution in [2.24, 2.45) is 0 Å². The lowest BCUT2D eigenvalue weighted by Gasteiger charge is -2.29. The predicted octanol–water partition coefficient (Wildman–Crippen LogP) is 0.823. The third-order valence-electron chi connectivity index (χ3n) is 3.59. The molecule has 0 saturated heterocycles. The molecule has 7 heteroatoms. The lowest BCUT2D eigenvalue weighted by atomic mass is 10.2. The van der Waals surface area contributed by atoms with Crippen molar-refractivity contribution in [1.82, 2.24) is 10.6 Å². The van der Waals surface area contributed by atoms with Crippen LogP contribution >= 0.6 is 0 Å². The summed E-state index contributed by atoms with van der Waals surface area (Å²) in [6, 6.07) is 7.06. The van der Waals surface area contributed by atoms with E-state index in [0.29, 0.717) is 17.4 Å². The first kappa shape index (κ1) is 14.4. The molecular weight excluding hydrogens is 284 g/mol. The van der Waals surface area contributed by atoms with Gasteiger partial charge in [0.15, 0.2) is 0 Å². The first-order chi connectivity index (χ1) is 10.6. The van der Waals surface area contributed by atoms with E-state index in [9.17, 15) is 14.4 Å². The number of urea groups is 1. The van der Waals surface area contributed by atoms with E-state index in [4.69, 9.17) is 0 Å². The highest BCUT2D eigenvalue weighted by molar-refractivity contribution is 6.09. The van der Waals surface area contributed by atoms with Gasteiger partial charge < -0.3 is 16.0 Å². The van der Waals surface area contributed by atoms with E-state index in [0.717, 1.165) is 12.8 Å². The Bertz CT molecular complexity index is 613. The summed E-state index contributed by atoms with van der Waals surface area (Å²) in [4.78, 5) is 36.8. The molecule has 116 valence electrons. The number of carbonyl (C=O) groups is 3. The lowest BCUT2D eigenvalue weighted by molar-refractivity contribution is -0.121. The van der Waals surface area contributed by atoms with E-state index in [1.807, 2.05) is 0 Å². The van der Waals surface area contributed by atoms with Gasteiger partial charge in [0.25, 0.3) is 0 Å². The third-order valence-corrected chi connectivity index (χ3v) is 3.59. The fourth-order valence-electron chi connectivity index (χ4n) is 2.32. The summed E-state index contributed by atoms with van der Waals surface area (Å²) in [5, 5.41) is 8.27. The van der Waals surface area contributed by atoms with Gasteiger partial charge in [0, 0.05) is 19.0 Å². The molecule has 4 amide bonds. The standard InChI is InChI=1S/C15H18N4O3/c20-13(17-10-5-6-10)7-8-16-15(22)19-9-14(21)18-11-3-1-2-4-12(11)19/h1-4,10H,5-9H2,(H,16,22)(H,17,20)(H,18,21). The van der Waals surface area contributed by atoms with E-state index in [1.54, 1.807) is 24.3 Å². The molecule has 1 aliphatic carbocycles. The van der Waals surface area contributed by atoms with Crippen LogP contribution in [-0.2, 0) is 9.59 Å². The third kappa shape index (κ3) is 3.36. The minimum atomic E-state index is -0.374. The molecule has 7 nitrogen and oxygen atoms in total. The summed E-state index contributed by atoms with van der Waals surface area (Å²) in [5.74, 6) is -0.292. The van der Waals surface area contributed by atoms with Crippen LogP contribution in [0, 0.1) is 0 Å². The Labute approximate surface area is 128 Å². The molecule has 1 saturated carbocycles. The minimum Gasteiger partial charge on any atom is -0.353 e. The number of nitrogens with zero attached hydrogens (tertiary/aromatic N) is 1. The van der Waals surface area contributed by atoms with Crippen LogP contribution in [0.3, 0.4) is 0 Å². The van der Waals surface area contributed by atoms with Crippen molar-refractivity contribution in [2.45, 2.75) is 25.3 Å². The first-order valence-electron chi connectivity index (χ1n) is 7.37. The molecule has 1 fully saturated rings. The number of hydrogen-bond acceptors (Lipinski definition) is 3. The van der Waals surface area contributed by atoms with Gasteiger partial charge in [-0.3, -0.25) is 14.5 Å². The van der Waals surface area contributed by atoms with Crippen molar-refractivity contribution in [1.29, 1.82) is 0 Å². The molecule has 3 N–H and O–H groups in total. The van der Waals surface area contributed by atoms with Crippen molar-refractivity contribution in [3.8, 4) is 0 Å². The number of para-hydroxylation sites is 2. The molecule has 22 heavy (non-hydrogen) atoms. The van der Waals surface area contributed by atoms with E-state index in [-0.39, 0.29) is 37.4 Å². The van der Waals surface area contributed by atoms with Crippen LogP contribution in [0.15, 0.2) is 24.3 Å². The predicted molar refractivity (Wildman–Crippen MR) is 81.6 cm³/mol. The highest BCUT2D eigenvalue weighted by atomic mass is 16.2. The van der Waals surface area contributed by atoms with Gasteiger partial charge in [0.1, 0.15) is 6.54 Å². The number of rotatable bonds is 4. The molecule has 0 bridgehead atoms. The van der Waals surface area contributed by atoms with E-state index < -0.39 is 0 Å². The second-order valence-electron chi connectivity index (χ2n) is 5.48. The Morgan fingerprint density at radius 2 is 2.05 bits per heavy atom. The average Bonchev–Trinajstić information content (AvgIpc) is 3.30. The number of anilines is 2. The average molecular weight is 302 g/mol. The summed E-state index contributed by atoms with van der Waals surface area (Å²) in [6.45, 7) is 0.217. The maximum absolute atomic E-state index is 12.2. The van der Waals surface area contributed by atoms with Crippen LogP contribution in [0.1, 0.15) is 19.3 Å². The molecular formula is C15H18N4O3. The highest BCUT2D eigenvalue weighted by Gasteiger charge is 2.27. The Hall–Kier alpha value is -2.57. The Morgan fingerprint density at radius 3 is 2.82 bits per heavy atom. The van der Waals surface area contributed by atoms with Gasteiger partial charge in [0.2, 0.25) is 11.8 Å². The topological polar surface area (TPSA) is 90.5 Å². The smallest absolute Gasteiger partial charge is 0.322 e. The summed E-state index contributed by atoms with van der Waals surface area (Å²) < 4.78 is 0. The van der Waals surface area contributed by atoms with Gasteiger partial charge in [0.05, 0.1) is 11.4 Å². The van der Waals surface area contributed by atoms with Crippen LogP contribution < -0.4 is 20.9 Å². The van der Waals surface area contributed by atoms with Gasteiger partial charge in [-0.25, -0.2) is 4.79 Å². The minimum absolute atomic E-state index is 0.0306. The number of fused-ring (bicyclic) bond motifs is 1. The van der Waals surface area contributed by atoms with Crippen molar-refractivity contribution in [3.63, 3.8) is 0 Å². The fraction of sp³-hybridized carbons (Fsp3) is 0.400. The second-order valence-corrected chi connectivity index (χ2v) is 5.48. The maximum atomic E-state index is 12.2. The molecule has 3 rings (SSSR count). The number of carbonyl (C=O) groups excluding carboxylic acids is 3. The molecule has 0 aromatic heterocycles. The second kappa shape index (κ2) is 6.05. The van der Waals surface area contributed by atoms with Crippen LogP contribution in [0.5, 0.6) is 0 Å².